The van der Waals surface area contributed by atoms with Gasteiger partial charge in [0.05, 0.1) is 12.3 Å². The van der Waals surface area contributed by atoms with Crippen molar-refractivity contribution in [3.05, 3.63) is 0 Å². The molecule has 16 heavy (non-hydrogen) atoms. The van der Waals surface area contributed by atoms with E-state index in [1.165, 1.54) is 6.92 Å². The van der Waals surface area contributed by atoms with E-state index in [0.717, 1.165) is 19.4 Å². The van der Waals surface area contributed by atoms with Crippen molar-refractivity contribution in [2.75, 3.05) is 19.8 Å². The van der Waals surface area contributed by atoms with Crippen LogP contribution < -0.4 is 0 Å². The molecule has 0 aliphatic carbocycles. The molecule has 0 spiro atoms. The average molecular weight is 248 g/mol. The van der Waals surface area contributed by atoms with Crippen LogP contribution in [0.5, 0.6) is 0 Å². The maximum absolute atomic E-state index is 10.5. The second-order valence-corrected chi connectivity index (χ2v) is 6.22. The first-order valence-electron chi connectivity index (χ1n) is 5.98. The first-order valence-corrected chi connectivity index (χ1v) is 8.27. The van der Waals surface area contributed by atoms with E-state index in [1.807, 2.05) is 0 Å². The highest BCUT2D eigenvalue weighted by molar-refractivity contribution is 6.51. The number of ether oxygens (including phenoxy) is 2. The Balaban J connectivity index is 3.65. The fraction of sp³-hybridized carbons (Fsp3) is 0.909. The summed E-state index contributed by atoms with van der Waals surface area (Å²) in [5.41, 5.74) is 0.261. The number of carbonyl (C=O) groups excluding carboxylic acids is 1. The molecular weight excluding hydrogens is 224 g/mol. The van der Waals surface area contributed by atoms with Gasteiger partial charge in [0.15, 0.2) is 0 Å². The molecule has 2 unspecified atom stereocenters. The zero-order valence-corrected chi connectivity index (χ0v) is 12.0. The van der Waals surface area contributed by atoms with Gasteiger partial charge in [-0.3, -0.25) is 4.79 Å². The molecule has 0 amide bonds. The van der Waals surface area contributed by atoms with E-state index in [2.05, 4.69) is 20.4 Å². The first-order chi connectivity index (χ1) is 7.61. The van der Waals surface area contributed by atoms with Gasteiger partial charge >= 0.3 is 5.97 Å². The minimum absolute atomic E-state index is 0.257. The summed E-state index contributed by atoms with van der Waals surface area (Å²) in [7, 11) is -1.33. The standard InChI is InChI=1S/C11H24O4Si/c1-5-7-14-11(6-2)16(4)15-9-8-13-10(3)12/h11,16H,5-9H2,1-4H3. The fourth-order valence-corrected chi connectivity index (χ4v) is 3.13. The topological polar surface area (TPSA) is 44.8 Å². The number of carbonyl (C=O) groups is 1. The highest BCUT2D eigenvalue weighted by Crippen LogP contribution is 2.05. The minimum Gasteiger partial charge on any atom is -0.463 e. The molecule has 0 rings (SSSR count). The summed E-state index contributed by atoms with van der Waals surface area (Å²) in [4.78, 5) is 10.5. The molecule has 5 heteroatoms. The molecule has 0 radical (unpaired) electrons. The van der Waals surface area contributed by atoms with Crippen molar-refractivity contribution >= 4 is 15.0 Å². The van der Waals surface area contributed by atoms with Gasteiger partial charge in [-0.2, -0.15) is 0 Å². The Labute approximate surface area is 100.0 Å². The van der Waals surface area contributed by atoms with Gasteiger partial charge in [-0.15, -0.1) is 0 Å². The lowest BCUT2D eigenvalue weighted by molar-refractivity contribution is -0.141. The van der Waals surface area contributed by atoms with Crippen LogP contribution in [0.4, 0.5) is 0 Å². The van der Waals surface area contributed by atoms with Crippen LogP contribution in [-0.2, 0) is 18.7 Å². The molecule has 0 aliphatic rings. The number of esters is 1. The van der Waals surface area contributed by atoms with Gasteiger partial charge in [-0.25, -0.2) is 0 Å². The summed E-state index contributed by atoms with van der Waals surface area (Å²) in [6, 6.07) is 0. The summed E-state index contributed by atoms with van der Waals surface area (Å²) >= 11 is 0. The molecule has 0 N–H and O–H groups in total. The van der Waals surface area contributed by atoms with Crippen LogP contribution in [0.25, 0.3) is 0 Å². The molecular formula is C11H24O4Si. The molecule has 0 aromatic heterocycles. The maximum atomic E-state index is 10.5. The molecule has 4 nitrogen and oxygen atoms in total. The van der Waals surface area contributed by atoms with Crippen molar-refractivity contribution in [3.8, 4) is 0 Å². The smallest absolute Gasteiger partial charge is 0.302 e. The van der Waals surface area contributed by atoms with Crippen LogP contribution in [0.3, 0.4) is 0 Å². The Hall–Kier alpha value is -0.393. The van der Waals surface area contributed by atoms with E-state index in [4.69, 9.17) is 13.9 Å². The van der Waals surface area contributed by atoms with Crippen molar-refractivity contribution < 1.29 is 18.7 Å². The molecule has 0 aliphatic heterocycles. The maximum Gasteiger partial charge on any atom is 0.302 e. The van der Waals surface area contributed by atoms with Crippen LogP contribution >= 0.6 is 0 Å². The lowest BCUT2D eigenvalue weighted by Gasteiger charge is -2.21. The Kier molecular flexibility index (Phi) is 9.57. The molecule has 0 aromatic rings. The average Bonchev–Trinajstić information content (AvgIpc) is 2.25. The lowest BCUT2D eigenvalue weighted by atomic mass is 10.5. The van der Waals surface area contributed by atoms with Crippen molar-refractivity contribution in [1.29, 1.82) is 0 Å². The van der Waals surface area contributed by atoms with Crippen molar-refractivity contribution in [2.24, 2.45) is 0 Å². The Morgan fingerprint density at radius 2 is 1.94 bits per heavy atom. The van der Waals surface area contributed by atoms with Crippen LogP contribution in [-0.4, -0.2) is 40.6 Å². The van der Waals surface area contributed by atoms with E-state index in [0.29, 0.717) is 13.2 Å². The largest absolute Gasteiger partial charge is 0.463 e. The molecule has 0 bridgehead atoms. The highest BCUT2D eigenvalue weighted by Gasteiger charge is 2.18. The van der Waals surface area contributed by atoms with Crippen LogP contribution in [0, 0.1) is 0 Å². The zero-order chi connectivity index (χ0) is 12.4. The second kappa shape index (κ2) is 9.81. The molecule has 0 fully saturated rings. The van der Waals surface area contributed by atoms with E-state index < -0.39 is 9.04 Å². The monoisotopic (exact) mass is 248 g/mol. The van der Waals surface area contributed by atoms with Gasteiger partial charge in [0.25, 0.3) is 0 Å². The first kappa shape index (κ1) is 15.6. The highest BCUT2D eigenvalue weighted by atomic mass is 28.3. The van der Waals surface area contributed by atoms with Crippen LogP contribution in [0.15, 0.2) is 0 Å². The fourth-order valence-electron chi connectivity index (χ4n) is 1.38. The van der Waals surface area contributed by atoms with Crippen LogP contribution in [0.2, 0.25) is 6.55 Å². The third-order valence-electron chi connectivity index (χ3n) is 2.23. The Morgan fingerprint density at radius 3 is 2.44 bits per heavy atom. The molecule has 0 saturated heterocycles. The summed E-state index contributed by atoms with van der Waals surface area (Å²) in [6.07, 6.45) is 2.02. The summed E-state index contributed by atoms with van der Waals surface area (Å²) in [6.45, 7) is 9.36. The number of rotatable bonds is 9. The van der Waals surface area contributed by atoms with Crippen molar-refractivity contribution in [1.82, 2.24) is 0 Å². The Morgan fingerprint density at radius 1 is 1.25 bits per heavy atom. The third kappa shape index (κ3) is 7.84. The van der Waals surface area contributed by atoms with E-state index in [9.17, 15) is 4.79 Å². The van der Waals surface area contributed by atoms with Gasteiger partial charge in [0.1, 0.15) is 6.61 Å². The zero-order valence-electron chi connectivity index (χ0n) is 10.8. The van der Waals surface area contributed by atoms with Gasteiger partial charge < -0.3 is 13.9 Å². The third-order valence-corrected chi connectivity index (χ3v) is 4.70. The van der Waals surface area contributed by atoms with Crippen molar-refractivity contribution in [3.63, 3.8) is 0 Å². The summed E-state index contributed by atoms with van der Waals surface area (Å²) < 4.78 is 16.2. The van der Waals surface area contributed by atoms with Gasteiger partial charge in [0, 0.05) is 13.5 Å². The molecule has 0 heterocycles. The van der Waals surface area contributed by atoms with Gasteiger partial charge in [0.2, 0.25) is 9.04 Å². The minimum atomic E-state index is -1.33. The van der Waals surface area contributed by atoms with E-state index in [1.54, 1.807) is 0 Å². The number of hydrogen-bond acceptors (Lipinski definition) is 4. The Bertz CT molecular complexity index is 187. The SMILES string of the molecule is CCCOC(CC)[SiH](C)OCCOC(C)=O. The number of hydrogen-bond donors (Lipinski definition) is 0. The van der Waals surface area contributed by atoms with E-state index >= 15 is 0 Å². The van der Waals surface area contributed by atoms with Gasteiger partial charge in [-0.05, 0) is 19.4 Å². The summed E-state index contributed by atoms with van der Waals surface area (Å²) in [5.74, 6) is -0.257. The molecule has 0 saturated carbocycles. The molecule has 2 atom stereocenters. The molecule has 96 valence electrons. The summed E-state index contributed by atoms with van der Waals surface area (Å²) in [5, 5.41) is 0. The van der Waals surface area contributed by atoms with Gasteiger partial charge in [-0.1, -0.05) is 13.8 Å². The second-order valence-electron chi connectivity index (χ2n) is 3.73. The molecule has 0 aromatic carbocycles. The van der Waals surface area contributed by atoms with Crippen LogP contribution in [0.1, 0.15) is 33.6 Å². The quantitative estimate of drug-likeness (QED) is 0.354. The van der Waals surface area contributed by atoms with Crippen molar-refractivity contribution in [2.45, 2.75) is 45.9 Å². The predicted octanol–water partition coefficient (Wildman–Crippen LogP) is 1.66. The predicted molar refractivity (Wildman–Crippen MR) is 65.9 cm³/mol. The normalized spacial score (nSPS) is 14.5. The lowest BCUT2D eigenvalue weighted by Crippen LogP contribution is -2.34. The van der Waals surface area contributed by atoms with E-state index in [-0.39, 0.29) is 11.7 Å².